The molecule has 0 aliphatic heterocycles. The molecule has 1 fully saturated rings. The van der Waals surface area contributed by atoms with Gasteiger partial charge in [0.15, 0.2) is 0 Å². The molecule has 21 heavy (non-hydrogen) atoms. The molecule has 0 saturated heterocycles. The number of nitrogens with zero attached hydrogens (tertiary/aromatic N) is 2. The number of carbonyl (C=O) groups is 1. The maximum absolute atomic E-state index is 12.5. The number of carbonyl (C=O) groups excluding carboxylic acids is 1. The van der Waals surface area contributed by atoms with Crippen molar-refractivity contribution in [3.8, 4) is 0 Å². The zero-order valence-electron chi connectivity index (χ0n) is 12.5. The van der Waals surface area contributed by atoms with Gasteiger partial charge in [-0.3, -0.25) is 9.48 Å². The normalized spacial score (nSPS) is 18.0. The highest BCUT2D eigenvalue weighted by atomic mass is 32.1. The maximum Gasteiger partial charge on any atom is 0.261 e. The largest absolute Gasteiger partial charge is 0.394 e. The molecule has 3 rings (SSSR count). The van der Waals surface area contributed by atoms with Crippen molar-refractivity contribution in [3.63, 3.8) is 0 Å². The monoisotopic (exact) mass is 307 g/mol. The number of thiophene rings is 1. The Labute approximate surface area is 128 Å². The molecule has 1 amide bonds. The van der Waals surface area contributed by atoms with E-state index in [1.54, 1.807) is 0 Å². The van der Waals surface area contributed by atoms with Crippen molar-refractivity contribution < 1.29 is 9.90 Å². The second-order valence-electron chi connectivity index (χ2n) is 5.99. The van der Waals surface area contributed by atoms with Crippen LogP contribution in [0.15, 0.2) is 6.07 Å². The topological polar surface area (TPSA) is 67.2 Å². The molecule has 5 nitrogen and oxygen atoms in total. The Balaban J connectivity index is 1.84. The standard InChI is InChI=1S/C15H21N3O2S/c1-10-11-8-12(21-14(11)18(2)17-10)13(20)16-15(9-19)6-4-3-5-7-15/h8,19H,3-7,9H2,1-2H3,(H,16,20). The molecule has 114 valence electrons. The first-order valence-electron chi connectivity index (χ1n) is 7.41. The Morgan fingerprint density at radius 1 is 1.48 bits per heavy atom. The van der Waals surface area contributed by atoms with Gasteiger partial charge in [0.2, 0.25) is 0 Å². The summed E-state index contributed by atoms with van der Waals surface area (Å²) in [4.78, 5) is 14.2. The molecule has 1 saturated carbocycles. The van der Waals surface area contributed by atoms with Crippen molar-refractivity contribution >= 4 is 27.5 Å². The Kier molecular flexibility index (Phi) is 3.75. The summed E-state index contributed by atoms with van der Waals surface area (Å²) in [6.07, 6.45) is 5.04. The van der Waals surface area contributed by atoms with Gasteiger partial charge in [0, 0.05) is 12.4 Å². The first-order chi connectivity index (χ1) is 10.0. The van der Waals surface area contributed by atoms with Crippen LogP contribution in [0.1, 0.15) is 47.5 Å². The quantitative estimate of drug-likeness (QED) is 0.915. The summed E-state index contributed by atoms with van der Waals surface area (Å²) in [6.45, 7) is 1.97. The van der Waals surface area contributed by atoms with Crippen molar-refractivity contribution in [1.29, 1.82) is 0 Å². The first kappa shape index (κ1) is 14.5. The molecule has 0 spiro atoms. The third-order valence-corrected chi connectivity index (χ3v) is 5.61. The van der Waals surface area contributed by atoms with Crippen LogP contribution in [0.4, 0.5) is 0 Å². The second-order valence-corrected chi connectivity index (χ2v) is 7.02. The van der Waals surface area contributed by atoms with Crippen molar-refractivity contribution in [2.24, 2.45) is 7.05 Å². The summed E-state index contributed by atoms with van der Waals surface area (Å²) >= 11 is 1.46. The van der Waals surface area contributed by atoms with Crippen LogP contribution in [-0.2, 0) is 7.05 Å². The number of aryl methyl sites for hydroxylation is 2. The van der Waals surface area contributed by atoms with E-state index in [9.17, 15) is 9.90 Å². The Bertz CT molecular complexity index is 633. The molecule has 0 atom stereocenters. The van der Waals surface area contributed by atoms with Gasteiger partial charge in [-0.15, -0.1) is 11.3 Å². The molecule has 1 aliphatic rings. The van der Waals surface area contributed by atoms with Gasteiger partial charge >= 0.3 is 0 Å². The zero-order valence-corrected chi connectivity index (χ0v) is 13.3. The van der Waals surface area contributed by atoms with Crippen LogP contribution in [0.25, 0.3) is 10.2 Å². The smallest absolute Gasteiger partial charge is 0.261 e. The molecular weight excluding hydrogens is 286 g/mol. The van der Waals surface area contributed by atoms with Gasteiger partial charge in [-0.25, -0.2) is 0 Å². The summed E-state index contributed by atoms with van der Waals surface area (Å²) < 4.78 is 1.81. The highest BCUT2D eigenvalue weighted by Crippen LogP contribution is 2.31. The van der Waals surface area contributed by atoms with Gasteiger partial charge in [-0.1, -0.05) is 19.3 Å². The van der Waals surface area contributed by atoms with Crippen molar-refractivity contribution in [2.45, 2.75) is 44.6 Å². The summed E-state index contributed by atoms with van der Waals surface area (Å²) in [6, 6.07) is 1.91. The third-order valence-electron chi connectivity index (χ3n) is 4.41. The highest BCUT2D eigenvalue weighted by molar-refractivity contribution is 7.20. The van der Waals surface area contributed by atoms with E-state index in [0.717, 1.165) is 41.6 Å². The molecule has 0 radical (unpaired) electrons. The zero-order chi connectivity index (χ0) is 15.0. The van der Waals surface area contributed by atoms with E-state index in [2.05, 4.69) is 10.4 Å². The van der Waals surface area contributed by atoms with Crippen LogP contribution in [0, 0.1) is 6.92 Å². The summed E-state index contributed by atoms with van der Waals surface area (Å²) in [5, 5.41) is 18.2. The average molecular weight is 307 g/mol. The van der Waals surface area contributed by atoms with Crippen LogP contribution in [0.3, 0.4) is 0 Å². The van der Waals surface area contributed by atoms with Crippen LogP contribution in [0.2, 0.25) is 0 Å². The number of hydrogen-bond donors (Lipinski definition) is 2. The number of rotatable bonds is 3. The van der Waals surface area contributed by atoms with Crippen LogP contribution < -0.4 is 5.32 Å². The van der Waals surface area contributed by atoms with E-state index in [1.165, 1.54) is 17.8 Å². The minimum atomic E-state index is -0.432. The molecule has 2 heterocycles. The average Bonchev–Trinajstić information content (AvgIpc) is 3.03. The fraction of sp³-hybridized carbons (Fsp3) is 0.600. The molecule has 0 bridgehead atoms. The fourth-order valence-corrected chi connectivity index (χ4v) is 4.19. The van der Waals surface area contributed by atoms with Crippen molar-refractivity contribution in [2.75, 3.05) is 6.61 Å². The van der Waals surface area contributed by atoms with Crippen LogP contribution in [-0.4, -0.2) is 32.9 Å². The number of amides is 1. The molecule has 2 aromatic heterocycles. The van der Waals surface area contributed by atoms with Crippen molar-refractivity contribution in [1.82, 2.24) is 15.1 Å². The number of nitrogens with one attached hydrogen (secondary N) is 1. The first-order valence-corrected chi connectivity index (χ1v) is 8.23. The Morgan fingerprint density at radius 3 is 2.81 bits per heavy atom. The second kappa shape index (κ2) is 5.42. The summed E-state index contributed by atoms with van der Waals surface area (Å²) in [7, 11) is 1.89. The van der Waals surface area contributed by atoms with Crippen LogP contribution >= 0.6 is 11.3 Å². The molecule has 2 N–H and O–H groups in total. The Morgan fingerprint density at radius 2 is 2.19 bits per heavy atom. The maximum atomic E-state index is 12.5. The van der Waals surface area contributed by atoms with Gasteiger partial charge in [0.1, 0.15) is 4.83 Å². The highest BCUT2D eigenvalue weighted by Gasteiger charge is 2.33. The third kappa shape index (κ3) is 2.58. The lowest BCUT2D eigenvalue weighted by atomic mass is 9.82. The molecule has 0 aromatic carbocycles. The molecule has 1 aliphatic carbocycles. The number of aliphatic hydroxyl groups is 1. The summed E-state index contributed by atoms with van der Waals surface area (Å²) in [5.41, 5.74) is 0.510. The molecule has 2 aromatic rings. The van der Waals surface area contributed by atoms with Gasteiger partial charge in [-0.2, -0.15) is 5.10 Å². The minimum absolute atomic E-state index is 0.0181. The lowest BCUT2D eigenvalue weighted by molar-refractivity contribution is 0.0762. The van der Waals surface area contributed by atoms with Gasteiger partial charge in [0.05, 0.1) is 22.7 Å². The van der Waals surface area contributed by atoms with E-state index < -0.39 is 5.54 Å². The molecule has 0 unspecified atom stereocenters. The number of hydrogen-bond acceptors (Lipinski definition) is 4. The lowest BCUT2D eigenvalue weighted by Crippen LogP contribution is -2.52. The van der Waals surface area contributed by atoms with E-state index in [0.29, 0.717) is 4.88 Å². The van der Waals surface area contributed by atoms with Crippen molar-refractivity contribution in [3.05, 3.63) is 16.6 Å². The SMILES string of the molecule is Cc1nn(C)c2sc(C(=O)NC3(CO)CCCCC3)cc12. The van der Waals surface area contributed by atoms with Gasteiger partial charge in [-0.05, 0) is 25.8 Å². The molecular formula is C15H21N3O2S. The molecule has 6 heteroatoms. The fourth-order valence-electron chi connectivity index (χ4n) is 3.17. The van der Waals surface area contributed by atoms with E-state index >= 15 is 0 Å². The van der Waals surface area contributed by atoms with Crippen LogP contribution in [0.5, 0.6) is 0 Å². The lowest BCUT2D eigenvalue weighted by Gasteiger charge is -2.36. The predicted octanol–water partition coefficient (Wildman–Crippen LogP) is 2.37. The van der Waals surface area contributed by atoms with Gasteiger partial charge in [0.25, 0.3) is 5.91 Å². The number of aliphatic hydroxyl groups excluding tert-OH is 1. The summed E-state index contributed by atoms with van der Waals surface area (Å²) in [5.74, 6) is -0.0773. The van der Waals surface area contributed by atoms with Gasteiger partial charge < -0.3 is 10.4 Å². The minimum Gasteiger partial charge on any atom is -0.394 e. The number of fused-ring (bicyclic) bond motifs is 1. The Hall–Kier alpha value is -1.40. The van der Waals surface area contributed by atoms with E-state index in [4.69, 9.17) is 0 Å². The van der Waals surface area contributed by atoms with E-state index in [-0.39, 0.29) is 12.5 Å². The van der Waals surface area contributed by atoms with E-state index in [1.807, 2.05) is 24.7 Å². The number of aromatic nitrogens is 2. The predicted molar refractivity (Wildman–Crippen MR) is 83.7 cm³/mol.